The highest BCUT2D eigenvalue weighted by atomic mass is 16.3. The van der Waals surface area contributed by atoms with E-state index in [0.717, 1.165) is 18.8 Å². The van der Waals surface area contributed by atoms with Gasteiger partial charge in [0.1, 0.15) is 5.76 Å². The summed E-state index contributed by atoms with van der Waals surface area (Å²) in [4.78, 5) is 12.2. The summed E-state index contributed by atoms with van der Waals surface area (Å²) >= 11 is 0. The Morgan fingerprint density at radius 2 is 2.18 bits per heavy atom. The molecule has 0 spiro atoms. The van der Waals surface area contributed by atoms with Crippen LogP contribution in [0.15, 0.2) is 22.8 Å². The Morgan fingerprint density at radius 3 is 2.82 bits per heavy atom. The van der Waals surface area contributed by atoms with Gasteiger partial charge in [0.25, 0.3) is 0 Å². The van der Waals surface area contributed by atoms with Crippen molar-refractivity contribution in [2.75, 3.05) is 13.1 Å². The Balaban J connectivity index is 1.59. The van der Waals surface area contributed by atoms with Gasteiger partial charge in [-0.3, -0.25) is 4.79 Å². The minimum absolute atomic E-state index is 0.204. The van der Waals surface area contributed by atoms with Crippen molar-refractivity contribution in [3.63, 3.8) is 0 Å². The van der Waals surface area contributed by atoms with Crippen molar-refractivity contribution in [2.45, 2.75) is 19.4 Å². The van der Waals surface area contributed by atoms with Crippen LogP contribution in [-0.4, -0.2) is 19.0 Å². The summed E-state index contributed by atoms with van der Waals surface area (Å²) in [6, 6.07) is 3.73. The first-order valence-corrected chi connectivity index (χ1v) is 6.35. The lowest BCUT2D eigenvalue weighted by molar-refractivity contribution is -0.128. The van der Waals surface area contributed by atoms with Crippen LogP contribution in [-0.2, 0) is 11.3 Å². The molecular weight excluding hydrogens is 216 g/mol. The monoisotopic (exact) mass is 234 g/mol. The number of carbonyl (C=O) groups excluding carboxylic acids is 1. The molecule has 2 atom stereocenters. The van der Waals surface area contributed by atoms with Gasteiger partial charge in [0.2, 0.25) is 5.91 Å². The lowest BCUT2D eigenvalue weighted by atomic mass is 9.85. The molecular formula is C13H18N2O2. The summed E-state index contributed by atoms with van der Waals surface area (Å²) in [6.45, 7) is 2.50. The van der Waals surface area contributed by atoms with Gasteiger partial charge in [-0.25, -0.2) is 0 Å². The standard InChI is InChI=1S/C13H18N2O2/c16-13(15-8-11-2-1-5-17-11)12-9-3-4-10(12)7-14-6-9/h1-2,5,9-10,12,14H,3-4,6-8H2,(H,15,16). The van der Waals surface area contributed by atoms with Crippen molar-refractivity contribution in [3.05, 3.63) is 24.2 Å². The Morgan fingerprint density at radius 1 is 1.41 bits per heavy atom. The first kappa shape index (κ1) is 10.8. The number of piperidine rings is 1. The van der Waals surface area contributed by atoms with Crippen molar-refractivity contribution in [3.8, 4) is 0 Å². The third kappa shape index (κ3) is 2.09. The molecule has 2 fully saturated rings. The largest absolute Gasteiger partial charge is 0.467 e. The summed E-state index contributed by atoms with van der Waals surface area (Å²) < 4.78 is 5.21. The highest BCUT2D eigenvalue weighted by molar-refractivity contribution is 5.79. The zero-order valence-corrected chi connectivity index (χ0v) is 9.82. The van der Waals surface area contributed by atoms with Gasteiger partial charge >= 0.3 is 0 Å². The SMILES string of the molecule is O=C(NCc1ccco1)C1C2CCC1CNC2. The molecule has 1 aliphatic heterocycles. The number of hydrogen-bond donors (Lipinski definition) is 2. The fourth-order valence-electron chi connectivity index (χ4n) is 3.22. The molecule has 1 saturated carbocycles. The minimum atomic E-state index is 0.204. The molecule has 17 heavy (non-hydrogen) atoms. The van der Waals surface area contributed by atoms with Crippen LogP contribution in [0.2, 0.25) is 0 Å². The second-order valence-electron chi connectivity index (χ2n) is 5.08. The van der Waals surface area contributed by atoms with Crippen LogP contribution in [0.25, 0.3) is 0 Å². The fraction of sp³-hybridized carbons (Fsp3) is 0.615. The summed E-state index contributed by atoms with van der Waals surface area (Å²) in [5.41, 5.74) is 0. The molecule has 0 radical (unpaired) electrons. The first-order valence-electron chi connectivity index (χ1n) is 6.35. The molecule has 3 rings (SSSR count). The molecule has 4 heteroatoms. The predicted octanol–water partition coefficient (Wildman–Crippen LogP) is 1.14. The van der Waals surface area contributed by atoms with E-state index in [2.05, 4.69) is 10.6 Å². The van der Waals surface area contributed by atoms with Crippen LogP contribution in [0.1, 0.15) is 18.6 Å². The van der Waals surface area contributed by atoms with Gasteiger partial charge in [0, 0.05) is 5.92 Å². The zero-order valence-electron chi connectivity index (χ0n) is 9.82. The van der Waals surface area contributed by atoms with Gasteiger partial charge in [0.05, 0.1) is 12.8 Å². The Labute approximate surface area is 101 Å². The molecule has 1 aliphatic carbocycles. The number of amides is 1. The average molecular weight is 234 g/mol. The van der Waals surface area contributed by atoms with E-state index in [0.29, 0.717) is 18.4 Å². The maximum Gasteiger partial charge on any atom is 0.224 e. The number of furan rings is 1. The van der Waals surface area contributed by atoms with Crippen LogP contribution in [0.5, 0.6) is 0 Å². The van der Waals surface area contributed by atoms with Gasteiger partial charge in [-0.1, -0.05) is 0 Å². The van der Waals surface area contributed by atoms with E-state index in [4.69, 9.17) is 4.42 Å². The van der Waals surface area contributed by atoms with Crippen LogP contribution < -0.4 is 10.6 Å². The quantitative estimate of drug-likeness (QED) is 0.824. The smallest absolute Gasteiger partial charge is 0.224 e. The zero-order chi connectivity index (χ0) is 11.7. The van der Waals surface area contributed by atoms with E-state index in [-0.39, 0.29) is 11.8 Å². The summed E-state index contributed by atoms with van der Waals surface area (Å²) in [7, 11) is 0. The van der Waals surface area contributed by atoms with Crippen LogP contribution in [0.4, 0.5) is 0 Å². The van der Waals surface area contributed by atoms with Gasteiger partial charge in [-0.2, -0.15) is 0 Å². The molecule has 2 unspecified atom stereocenters. The van der Waals surface area contributed by atoms with Gasteiger partial charge in [0.15, 0.2) is 0 Å². The second-order valence-corrected chi connectivity index (χ2v) is 5.08. The minimum Gasteiger partial charge on any atom is -0.467 e. The van der Waals surface area contributed by atoms with Gasteiger partial charge in [-0.05, 0) is 49.9 Å². The predicted molar refractivity (Wildman–Crippen MR) is 63.1 cm³/mol. The molecule has 92 valence electrons. The molecule has 2 bridgehead atoms. The summed E-state index contributed by atoms with van der Waals surface area (Å²) in [5, 5.41) is 6.40. The van der Waals surface area contributed by atoms with Crippen LogP contribution in [0.3, 0.4) is 0 Å². The average Bonchev–Trinajstić information content (AvgIpc) is 2.93. The molecule has 2 N–H and O–H groups in total. The van der Waals surface area contributed by atoms with E-state index in [9.17, 15) is 4.79 Å². The van der Waals surface area contributed by atoms with E-state index < -0.39 is 0 Å². The second kappa shape index (κ2) is 4.53. The Hall–Kier alpha value is -1.29. The lowest BCUT2D eigenvalue weighted by Gasteiger charge is -2.29. The molecule has 1 aromatic rings. The van der Waals surface area contributed by atoms with Crippen molar-refractivity contribution >= 4 is 5.91 Å². The van der Waals surface area contributed by atoms with Crippen LogP contribution >= 0.6 is 0 Å². The Kier molecular flexibility index (Phi) is 2.89. The number of carbonyl (C=O) groups is 1. The maximum absolute atomic E-state index is 12.2. The molecule has 1 aromatic heterocycles. The molecule has 2 heterocycles. The van der Waals surface area contributed by atoms with E-state index in [1.165, 1.54) is 12.8 Å². The Bertz CT molecular complexity index is 372. The molecule has 1 amide bonds. The van der Waals surface area contributed by atoms with E-state index in [1.54, 1.807) is 6.26 Å². The van der Waals surface area contributed by atoms with E-state index in [1.807, 2.05) is 12.1 Å². The number of nitrogens with one attached hydrogen (secondary N) is 2. The molecule has 1 saturated heterocycles. The third-order valence-corrected chi connectivity index (χ3v) is 4.06. The third-order valence-electron chi connectivity index (χ3n) is 4.06. The first-order chi connectivity index (χ1) is 8.34. The van der Waals surface area contributed by atoms with Gasteiger partial charge in [-0.15, -0.1) is 0 Å². The van der Waals surface area contributed by atoms with Crippen LogP contribution in [0, 0.1) is 17.8 Å². The van der Waals surface area contributed by atoms with Crippen molar-refractivity contribution in [1.29, 1.82) is 0 Å². The van der Waals surface area contributed by atoms with Crippen molar-refractivity contribution < 1.29 is 9.21 Å². The topological polar surface area (TPSA) is 54.3 Å². The van der Waals surface area contributed by atoms with Crippen molar-refractivity contribution in [2.24, 2.45) is 17.8 Å². The molecule has 0 aromatic carbocycles. The fourth-order valence-corrected chi connectivity index (χ4v) is 3.22. The maximum atomic E-state index is 12.2. The molecule has 4 nitrogen and oxygen atoms in total. The van der Waals surface area contributed by atoms with Gasteiger partial charge < -0.3 is 15.1 Å². The lowest BCUT2D eigenvalue weighted by Crippen LogP contribution is -2.45. The number of rotatable bonds is 3. The number of hydrogen-bond acceptors (Lipinski definition) is 3. The summed E-state index contributed by atoms with van der Waals surface area (Å²) in [6.07, 6.45) is 4.02. The molecule has 2 aliphatic rings. The van der Waals surface area contributed by atoms with Crippen molar-refractivity contribution in [1.82, 2.24) is 10.6 Å². The highest BCUT2D eigenvalue weighted by Crippen LogP contribution is 2.39. The summed E-state index contributed by atoms with van der Waals surface area (Å²) in [5.74, 6) is 2.30. The van der Waals surface area contributed by atoms with E-state index >= 15 is 0 Å². The normalized spacial score (nSPS) is 31.4. The highest BCUT2D eigenvalue weighted by Gasteiger charge is 2.42. The number of fused-ring (bicyclic) bond motifs is 2.